The molecule has 13 nitrogen and oxygen atoms in total. The van der Waals surface area contributed by atoms with E-state index in [9.17, 15) is 23.3 Å². The summed E-state index contributed by atoms with van der Waals surface area (Å²) in [5.41, 5.74) is 4.99. The van der Waals surface area contributed by atoms with Crippen molar-refractivity contribution in [3.63, 3.8) is 0 Å². The minimum absolute atomic E-state index is 0.000225. The van der Waals surface area contributed by atoms with E-state index in [1.807, 2.05) is 18.2 Å². The van der Waals surface area contributed by atoms with Gasteiger partial charge in [0.05, 0.1) is 28.6 Å². The Morgan fingerprint density at radius 2 is 1.65 bits per heavy atom. The molecule has 318 valence electrons. The summed E-state index contributed by atoms with van der Waals surface area (Å²) < 4.78 is 40.9. The van der Waals surface area contributed by atoms with Gasteiger partial charge in [-0.15, -0.1) is 0 Å². The minimum atomic E-state index is -4.52. The Balaban J connectivity index is 1.04. The highest BCUT2D eigenvalue weighted by Gasteiger charge is 2.30. The lowest BCUT2D eigenvalue weighted by Crippen LogP contribution is -2.47. The third kappa shape index (κ3) is 11.0. The molecule has 3 aliphatic rings. The molecule has 4 aromatic carbocycles. The first-order chi connectivity index (χ1) is 28.8. The van der Waals surface area contributed by atoms with E-state index in [1.165, 1.54) is 28.8 Å². The molecule has 0 radical (unpaired) electrons. The molecule has 0 spiro atoms. The number of carbonyl (C=O) groups excluding carboxylic acids is 1. The van der Waals surface area contributed by atoms with Gasteiger partial charge in [0.15, 0.2) is 0 Å². The van der Waals surface area contributed by atoms with E-state index in [4.69, 9.17) is 21.1 Å². The number of para-hydroxylation sites is 1. The van der Waals surface area contributed by atoms with E-state index in [0.717, 1.165) is 94.8 Å². The molecule has 4 aromatic rings. The molecule has 0 atom stereocenters. The molecule has 2 N–H and O–H groups in total. The number of ether oxygens (including phenoxy) is 2. The zero-order valence-electron chi connectivity index (χ0n) is 34.2. The van der Waals surface area contributed by atoms with Crippen molar-refractivity contribution in [1.29, 1.82) is 0 Å². The molecule has 0 saturated carbocycles. The number of halogens is 1. The average Bonchev–Trinajstić information content (AvgIpc) is 3.24. The van der Waals surface area contributed by atoms with Gasteiger partial charge in [-0.3, -0.25) is 24.7 Å². The molecule has 2 heterocycles. The van der Waals surface area contributed by atoms with Crippen LogP contribution in [0.3, 0.4) is 0 Å². The van der Waals surface area contributed by atoms with Crippen LogP contribution in [0, 0.1) is 15.5 Å². The van der Waals surface area contributed by atoms with E-state index in [1.54, 1.807) is 42.5 Å². The number of morpholine rings is 1. The van der Waals surface area contributed by atoms with Gasteiger partial charge in [0, 0.05) is 75.2 Å². The van der Waals surface area contributed by atoms with Gasteiger partial charge in [-0.2, -0.15) is 0 Å². The van der Waals surface area contributed by atoms with E-state index in [0.29, 0.717) is 25.5 Å². The summed E-state index contributed by atoms with van der Waals surface area (Å²) in [5, 5.41) is 15.8. The maximum Gasteiger partial charge on any atom is 0.293 e. The zero-order chi connectivity index (χ0) is 42.3. The van der Waals surface area contributed by atoms with Crippen LogP contribution in [0.2, 0.25) is 5.02 Å². The predicted octanol–water partition coefficient (Wildman–Crippen LogP) is 8.08. The lowest BCUT2D eigenvalue weighted by atomic mass is 9.72. The maximum atomic E-state index is 13.8. The number of anilines is 2. The first kappa shape index (κ1) is 43.1. The third-order valence-electron chi connectivity index (χ3n) is 11.5. The lowest BCUT2D eigenvalue weighted by Gasteiger charge is -2.39. The van der Waals surface area contributed by atoms with Crippen molar-refractivity contribution in [2.45, 2.75) is 44.4 Å². The fourth-order valence-electron chi connectivity index (χ4n) is 8.06. The normalized spacial score (nSPS) is 17.6. The van der Waals surface area contributed by atoms with Gasteiger partial charge in [-0.1, -0.05) is 61.4 Å². The Labute approximate surface area is 357 Å². The van der Waals surface area contributed by atoms with Crippen molar-refractivity contribution in [3.8, 4) is 11.5 Å². The topological polar surface area (TPSA) is 147 Å². The standard InChI is InChI=1S/C45H53ClN6O7S/c1-45(2)18-17-34(40(31-45)33-9-11-35(46)12-10-33)32-50-21-23-51(24-22-50)36-13-15-39(43(29-36)59-37-7-4-3-5-8-37)44(53)48-60(56,57)38-14-16-41(42(30-38)52(54)55)47-19-6-20-49-25-27-58-28-26-49/h3-5,7-16,29-30,47H,6,17-28,31-32H2,1-2H3,(H,48,53). The molecule has 1 aliphatic carbocycles. The van der Waals surface area contributed by atoms with E-state index >= 15 is 0 Å². The molecule has 2 saturated heterocycles. The number of hydrogen-bond donors (Lipinski definition) is 2. The van der Waals surface area contributed by atoms with Gasteiger partial charge in [-0.05, 0) is 97.3 Å². The number of sulfonamides is 1. The van der Waals surface area contributed by atoms with Crippen LogP contribution < -0.4 is 19.7 Å². The highest BCUT2D eigenvalue weighted by atomic mass is 35.5. The fourth-order valence-corrected chi connectivity index (χ4v) is 9.17. The Hall–Kier alpha value is -4.99. The zero-order valence-corrected chi connectivity index (χ0v) is 35.8. The van der Waals surface area contributed by atoms with Gasteiger partial charge in [0.2, 0.25) is 0 Å². The third-order valence-corrected chi connectivity index (χ3v) is 13.1. The quantitative estimate of drug-likeness (QED) is 0.0680. The second-order valence-corrected chi connectivity index (χ2v) is 18.5. The molecular weight excluding hydrogens is 804 g/mol. The van der Waals surface area contributed by atoms with E-state index in [2.05, 4.69) is 50.7 Å². The SMILES string of the molecule is CC1(C)CCC(CN2CCN(c3ccc(C(=O)NS(=O)(=O)c4ccc(NCCCN5CCOCC5)c([N+](=O)[O-])c4)c(Oc4ccccc4)c3)CC2)=C(c2ccc(Cl)cc2)C1. The number of amides is 1. The van der Waals surface area contributed by atoms with Crippen LogP contribution in [0.4, 0.5) is 17.1 Å². The van der Waals surface area contributed by atoms with Crippen molar-refractivity contribution < 1.29 is 27.6 Å². The molecule has 15 heteroatoms. The summed E-state index contributed by atoms with van der Waals surface area (Å²) in [4.78, 5) is 31.8. The fraction of sp³-hybridized carbons (Fsp3) is 0.400. The Bertz CT molecular complexity index is 2290. The highest BCUT2D eigenvalue weighted by Crippen LogP contribution is 2.43. The van der Waals surface area contributed by atoms with Crippen LogP contribution in [0.5, 0.6) is 11.5 Å². The Morgan fingerprint density at radius 3 is 2.37 bits per heavy atom. The van der Waals surface area contributed by atoms with Crippen LogP contribution >= 0.6 is 11.6 Å². The number of carbonyl (C=O) groups is 1. The first-order valence-corrected chi connectivity index (χ1v) is 22.4. The van der Waals surface area contributed by atoms with Crippen molar-refractivity contribution >= 4 is 50.2 Å². The largest absolute Gasteiger partial charge is 0.456 e. The summed E-state index contributed by atoms with van der Waals surface area (Å²) in [6.07, 6.45) is 3.96. The van der Waals surface area contributed by atoms with Gasteiger partial charge in [0.25, 0.3) is 21.6 Å². The number of nitro benzene ring substituents is 1. The summed E-state index contributed by atoms with van der Waals surface area (Å²) in [6, 6.07) is 25.8. The smallest absolute Gasteiger partial charge is 0.293 e. The molecule has 2 aliphatic heterocycles. The van der Waals surface area contributed by atoms with Crippen LogP contribution in [0.15, 0.2) is 101 Å². The molecule has 60 heavy (non-hydrogen) atoms. The Kier molecular flexibility index (Phi) is 13.8. The average molecular weight is 857 g/mol. The monoisotopic (exact) mass is 856 g/mol. The second-order valence-electron chi connectivity index (χ2n) is 16.4. The molecule has 0 aromatic heterocycles. The summed E-state index contributed by atoms with van der Waals surface area (Å²) in [5.74, 6) is -0.273. The van der Waals surface area contributed by atoms with Crippen molar-refractivity contribution in [2.75, 3.05) is 82.3 Å². The summed E-state index contributed by atoms with van der Waals surface area (Å²) in [6.45, 7) is 13.0. The number of nitrogens with one attached hydrogen (secondary N) is 2. The lowest BCUT2D eigenvalue weighted by molar-refractivity contribution is -0.384. The van der Waals surface area contributed by atoms with Crippen molar-refractivity contribution in [3.05, 3.63) is 123 Å². The number of nitrogens with zero attached hydrogens (tertiary/aromatic N) is 4. The predicted molar refractivity (Wildman–Crippen MR) is 236 cm³/mol. The number of piperazine rings is 1. The van der Waals surface area contributed by atoms with Crippen molar-refractivity contribution in [2.24, 2.45) is 5.41 Å². The van der Waals surface area contributed by atoms with Crippen LogP contribution in [-0.2, 0) is 14.8 Å². The highest BCUT2D eigenvalue weighted by molar-refractivity contribution is 7.90. The maximum absolute atomic E-state index is 13.8. The van der Waals surface area contributed by atoms with E-state index in [-0.39, 0.29) is 22.4 Å². The van der Waals surface area contributed by atoms with Gasteiger partial charge in [0.1, 0.15) is 17.2 Å². The first-order valence-electron chi connectivity index (χ1n) is 20.5. The van der Waals surface area contributed by atoms with Crippen LogP contribution in [0.25, 0.3) is 5.57 Å². The summed E-state index contributed by atoms with van der Waals surface area (Å²) >= 11 is 6.23. The Morgan fingerprint density at radius 1 is 0.917 bits per heavy atom. The minimum Gasteiger partial charge on any atom is -0.456 e. The number of hydrogen-bond acceptors (Lipinski definition) is 11. The summed E-state index contributed by atoms with van der Waals surface area (Å²) in [7, 11) is -4.52. The number of rotatable bonds is 15. The van der Waals surface area contributed by atoms with E-state index < -0.39 is 31.4 Å². The van der Waals surface area contributed by atoms with Crippen molar-refractivity contribution in [1.82, 2.24) is 14.5 Å². The van der Waals surface area contributed by atoms with Crippen LogP contribution in [-0.4, -0.2) is 101 Å². The number of nitro groups is 1. The molecule has 0 unspecified atom stereocenters. The van der Waals surface area contributed by atoms with Gasteiger partial charge < -0.3 is 19.7 Å². The van der Waals surface area contributed by atoms with Gasteiger partial charge in [-0.25, -0.2) is 13.1 Å². The molecule has 2 fully saturated rings. The molecular formula is C45H53ClN6O7S. The molecule has 1 amide bonds. The number of allylic oxidation sites excluding steroid dienone is 1. The number of benzene rings is 4. The molecule has 0 bridgehead atoms. The molecule has 7 rings (SSSR count). The van der Waals surface area contributed by atoms with Crippen LogP contribution in [0.1, 0.15) is 55.5 Å². The second kappa shape index (κ2) is 19.2. The van der Waals surface area contributed by atoms with Gasteiger partial charge >= 0.3 is 0 Å².